The first kappa shape index (κ1) is 14.5. The number of hydrogen-bond acceptors (Lipinski definition) is 4. The van der Waals surface area contributed by atoms with E-state index in [2.05, 4.69) is 52.5 Å². The number of furan rings is 1. The van der Waals surface area contributed by atoms with E-state index in [4.69, 9.17) is 4.42 Å². The molecule has 0 spiro atoms. The molecule has 0 saturated heterocycles. The van der Waals surface area contributed by atoms with Gasteiger partial charge in [-0.05, 0) is 42.8 Å². The van der Waals surface area contributed by atoms with Gasteiger partial charge in [0.1, 0.15) is 17.9 Å². The van der Waals surface area contributed by atoms with Crippen molar-refractivity contribution >= 4 is 16.7 Å². The molecule has 0 aliphatic rings. The Balaban J connectivity index is 1.68. The SMILES string of the molecule is Cc1cccc(CNc2ncnc3ccc(-c4ccco4)cc23)c1. The van der Waals surface area contributed by atoms with E-state index in [0.29, 0.717) is 0 Å². The second kappa shape index (κ2) is 6.16. The minimum Gasteiger partial charge on any atom is -0.464 e. The summed E-state index contributed by atoms with van der Waals surface area (Å²) in [4.78, 5) is 8.77. The number of fused-ring (bicyclic) bond motifs is 1. The maximum atomic E-state index is 5.49. The van der Waals surface area contributed by atoms with Crippen LogP contribution in [0.1, 0.15) is 11.1 Å². The molecule has 4 nitrogen and oxygen atoms in total. The van der Waals surface area contributed by atoms with Crippen molar-refractivity contribution in [2.24, 2.45) is 0 Å². The lowest BCUT2D eigenvalue weighted by atomic mass is 10.1. The Kier molecular flexibility index (Phi) is 3.71. The molecule has 4 heteroatoms. The molecule has 24 heavy (non-hydrogen) atoms. The Bertz CT molecular complexity index is 977. The maximum absolute atomic E-state index is 5.49. The number of aryl methyl sites for hydroxylation is 1. The van der Waals surface area contributed by atoms with Crippen molar-refractivity contribution < 1.29 is 4.42 Å². The monoisotopic (exact) mass is 315 g/mol. The van der Waals surface area contributed by atoms with Crippen molar-refractivity contribution in [1.82, 2.24) is 9.97 Å². The fourth-order valence-corrected chi connectivity index (χ4v) is 2.80. The van der Waals surface area contributed by atoms with E-state index in [1.807, 2.05) is 24.3 Å². The summed E-state index contributed by atoms with van der Waals surface area (Å²) in [6.07, 6.45) is 3.27. The Morgan fingerprint density at radius 3 is 2.79 bits per heavy atom. The minimum absolute atomic E-state index is 0.721. The van der Waals surface area contributed by atoms with Gasteiger partial charge in [0.25, 0.3) is 0 Å². The lowest BCUT2D eigenvalue weighted by Crippen LogP contribution is -2.02. The van der Waals surface area contributed by atoms with Crippen LogP contribution in [0.5, 0.6) is 0 Å². The van der Waals surface area contributed by atoms with E-state index in [1.165, 1.54) is 11.1 Å². The molecule has 0 aliphatic carbocycles. The summed E-state index contributed by atoms with van der Waals surface area (Å²) >= 11 is 0. The van der Waals surface area contributed by atoms with Gasteiger partial charge in [-0.2, -0.15) is 0 Å². The van der Waals surface area contributed by atoms with Crippen molar-refractivity contribution in [2.45, 2.75) is 13.5 Å². The molecule has 0 saturated carbocycles. The highest BCUT2D eigenvalue weighted by atomic mass is 16.3. The first-order valence-electron chi connectivity index (χ1n) is 7.88. The second-order valence-corrected chi connectivity index (χ2v) is 5.77. The first-order chi connectivity index (χ1) is 11.8. The number of hydrogen-bond donors (Lipinski definition) is 1. The van der Waals surface area contributed by atoms with E-state index in [1.54, 1.807) is 12.6 Å². The van der Waals surface area contributed by atoms with Gasteiger partial charge in [-0.3, -0.25) is 0 Å². The van der Waals surface area contributed by atoms with Crippen LogP contribution in [-0.2, 0) is 6.54 Å². The van der Waals surface area contributed by atoms with Crippen molar-refractivity contribution in [3.8, 4) is 11.3 Å². The second-order valence-electron chi connectivity index (χ2n) is 5.77. The van der Waals surface area contributed by atoms with Gasteiger partial charge < -0.3 is 9.73 Å². The van der Waals surface area contributed by atoms with E-state index in [0.717, 1.165) is 34.6 Å². The van der Waals surface area contributed by atoms with Crippen LogP contribution < -0.4 is 5.32 Å². The van der Waals surface area contributed by atoms with Crippen LogP contribution in [0, 0.1) is 6.92 Å². The van der Waals surface area contributed by atoms with Crippen LogP contribution in [0.4, 0.5) is 5.82 Å². The molecular formula is C20H17N3O. The van der Waals surface area contributed by atoms with Crippen molar-refractivity contribution in [3.63, 3.8) is 0 Å². The standard InChI is InChI=1S/C20H17N3O/c1-14-4-2-5-15(10-14)12-21-20-17-11-16(19-6-3-9-24-19)7-8-18(17)22-13-23-20/h2-11,13H,12H2,1H3,(H,21,22,23). The normalized spacial score (nSPS) is 10.9. The molecule has 1 N–H and O–H groups in total. The average molecular weight is 315 g/mol. The molecular weight excluding hydrogens is 298 g/mol. The van der Waals surface area contributed by atoms with Crippen LogP contribution in [0.3, 0.4) is 0 Å². The summed E-state index contributed by atoms with van der Waals surface area (Å²) < 4.78 is 5.49. The number of aromatic nitrogens is 2. The zero-order valence-corrected chi connectivity index (χ0v) is 13.4. The molecule has 0 unspecified atom stereocenters. The quantitative estimate of drug-likeness (QED) is 0.587. The number of rotatable bonds is 4. The van der Waals surface area contributed by atoms with E-state index in [-0.39, 0.29) is 0 Å². The van der Waals surface area contributed by atoms with Gasteiger partial charge in [-0.25, -0.2) is 9.97 Å². The summed E-state index contributed by atoms with van der Waals surface area (Å²) in [7, 11) is 0. The van der Waals surface area contributed by atoms with Gasteiger partial charge in [0, 0.05) is 17.5 Å². The third-order valence-corrected chi connectivity index (χ3v) is 3.98. The summed E-state index contributed by atoms with van der Waals surface area (Å²) in [6, 6.07) is 18.3. The molecule has 4 rings (SSSR count). The summed E-state index contributed by atoms with van der Waals surface area (Å²) in [6.45, 7) is 2.82. The smallest absolute Gasteiger partial charge is 0.137 e. The van der Waals surface area contributed by atoms with E-state index >= 15 is 0 Å². The van der Waals surface area contributed by atoms with Crippen molar-refractivity contribution in [3.05, 3.63) is 78.3 Å². The molecule has 0 bridgehead atoms. The third kappa shape index (κ3) is 2.86. The predicted molar refractivity (Wildman–Crippen MR) is 95.7 cm³/mol. The highest BCUT2D eigenvalue weighted by Gasteiger charge is 2.07. The highest BCUT2D eigenvalue weighted by molar-refractivity contribution is 5.92. The van der Waals surface area contributed by atoms with Crippen molar-refractivity contribution in [2.75, 3.05) is 5.32 Å². The molecule has 0 amide bonds. The van der Waals surface area contributed by atoms with Crippen LogP contribution in [0.2, 0.25) is 0 Å². The van der Waals surface area contributed by atoms with Gasteiger partial charge >= 0.3 is 0 Å². The Morgan fingerprint density at radius 2 is 1.96 bits per heavy atom. The Labute approximate surface area is 140 Å². The van der Waals surface area contributed by atoms with Crippen LogP contribution in [-0.4, -0.2) is 9.97 Å². The highest BCUT2D eigenvalue weighted by Crippen LogP contribution is 2.27. The van der Waals surface area contributed by atoms with E-state index < -0.39 is 0 Å². The lowest BCUT2D eigenvalue weighted by Gasteiger charge is -2.09. The largest absolute Gasteiger partial charge is 0.464 e. The zero-order valence-electron chi connectivity index (χ0n) is 13.4. The fourth-order valence-electron chi connectivity index (χ4n) is 2.80. The van der Waals surface area contributed by atoms with E-state index in [9.17, 15) is 0 Å². The Hall–Kier alpha value is -3.14. The predicted octanol–water partition coefficient (Wildman–Crippen LogP) is 4.81. The third-order valence-electron chi connectivity index (χ3n) is 3.98. The van der Waals surface area contributed by atoms with Gasteiger partial charge in [-0.15, -0.1) is 0 Å². The molecule has 2 heterocycles. The molecule has 2 aromatic heterocycles. The Morgan fingerprint density at radius 1 is 1.00 bits per heavy atom. The number of nitrogens with zero attached hydrogens (tertiary/aromatic N) is 2. The maximum Gasteiger partial charge on any atom is 0.137 e. The lowest BCUT2D eigenvalue weighted by molar-refractivity contribution is 0.582. The van der Waals surface area contributed by atoms with Crippen LogP contribution in [0.25, 0.3) is 22.2 Å². The van der Waals surface area contributed by atoms with Gasteiger partial charge in [0.2, 0.25) is 0 Å². The van der Waals surface area contributed by atoms with Crippen molar-refractivity contribution in [1.29, 1.82) is 0 Å². The first-order valence-corrected chi connectivity index (χ1v) is 7.88. The molecule has 2 aromatic carbocycles. The van der Waals surface area contributed by atoms with Gasteiger partial charge in [0.15, 0.2) is 0 Å². The van der Waals surface area contributed by atoms with Crippen LogP contribution in [0.15, 0.2) is 71.6 Å². The molecule has 0 aliphatic heterocycles. The van der Waals surface area contributed by atoms with Crippen LogP contribution >= 0.6 is 0 Å². The molecule has 0 atom stereocenters. The molecule has 4 aromatic rings. The minimum atomic E-state index is 0.721. The molecule has 0 fully saturated rings. The van der Waals surface area contributed by atoms with Gasteiger partial charge in [-0.1, -0.05) is 29.8 Å². The number of benzene rings is 2. The zero-order chi connectivity index (χ0) is 16.4. The topological polar surface area (TPSA) is 51.0 Å². The average Bonchev–Trinajstić information content (AvgIpc) is 3.14. The summed E-state index contributed by atoms with van der Waals surface area (Å²) in [5.74, 6) is 1.67. The van der Waals surface area contributed by atoms with Gasteiger partial charge in [0.05, 0.1) is 11.8 Å². The summed E-state index contributed by atoms with van der Waals surface area (Å²) in [5, 5.41) is 4.41. The molecule has 118 valence electrons. The number of nitrogens with one attached hydrogen (secondary N) is 1. The molecule has 0 radical (unpaired) electrons. The fraction of sp³-hybridized carbons (Fsp3) is 0.100. The number of anilines is 1. The summed E-state index contributed by atoms with van der Waals surface area (Å²) in [5.41, 5.74) is 4.40.